The summed E-state index contributed by atoms with van der Waals surface area (Å²) in [5, 5.41) is 6.25. The summed E-state index contributed by atoms with van der Waals surface area (Å²) in [7, 11) is 0. The Bertz CT molecular complexity index is 12.8. The maximum atomic E-state index is 6.25. The number of hydrogen-bond donors (Lipinski definition) is 0. The van der Waals surface area contributed by atoms with Gasteiger partial charge in [-0.05, 0) is 0 Å². The molecule has 0 aromatic carbocycles. The first kappa shape index (κ1) is 21.6. The zero-order valence-electron chi connectivity index (χ0n) is 2.36. The molecule has 0 saturated carbocycles. The smallest absolute Gasteiger partial charge is 0.512 e. The monoisotopic (exact) mass is 85.0 g/mol. The van der Waals surface area contributed by atoms with Gasteiger partial charge in [-0.15, -0.1) is 12.4 Å². The van der Waals surface area contributed by atoms with Crippen LogP contribution in [0.4, 0.5) is 0 Å². The maximum Gasteiger partial charge on any atom is 1.00 e. The Morgan fingerprint density at radius 1 is 1.25 bits per heavy atom. The molecular formula is CHClNNa. The Labute approximate surface area is 53.7 Å². The molecule has 1 nitrogen and oxygen atoms in total. The normalized spacial score (nSPS) is 0.500. The van der Waals surface area contributed by atoms with Gasteiger partial charge in [-0.25, -0.2) is 0 Å². The van der Waals surface area contributed by atoms with E-state index in [1.165, 1.54) is 0 Å². The van der Waals surface area contributed by atoms with Gasteiger partial charge in [0.2, 0.25) is 0 Å². The third-order valence-corrected chi connectivity index (χ3v) is 0. The molecule has 0 spiro atoms. The predicted octanol–water partition coefficient (Wildman–Crippen LogP) is -2.48. The molecule has 0 atom stereocenters. The molecule has 0 bridgehead atoms. The van der Waals surface area contributed by atoms with Gasteiger partial charge in [-0.1, -0.05) is 0 Å². The molecule has 0 aliphatic heterocycles. The maximum absolute atomic E-state index is 6.25. The van der Waals surface area contributed by atoms with E-state index in [0.29, 0.717) is 0 Å². The van der Waals surface area contributed by atoms with E-state index < -0.39 is 0 Å². The third kappa shape index (κ3) is 14.5. The summed E-state index contributed by atoms with van der Waals surface area (Å²) in [4.78, 5) is 0. The van der Waals surface area contributed by atoms with E-state index in [2.05, 4.69) is 0 Å². The standard InChI is InChI=1S/CN.ClH.Na/c1-2;;/h;1H;/q-1;;+1. The fourth-order valence-electron chi connectivity index (χ4n) is 0. The summed E-state index contributed by atoms with van der Waals surface area (Å²) >= 11 is 0. The average Bonchev–Trinajstić information content (AvgIpc) is 1.00. The van der Waals surface area contributed by atoms with Crippen molar-refractivity contribution in [3.8, 4) is 0 Å². The second kappa shape index (κ2) is 48.0. The van der Waals surface area contributed by atoms with E-state index in [9.17, 15) is 0 Å². The third-order valence-electron chi connectivity index (χ3n) is 0. The Kier molecular flexibility index (Phi) is 259. The summed E-state index contributed by atoms with van der Waals surface area (Å²) in [6.45, 7) is 4.75. The van der Waals surface area contributed by atoms with Gasteiger partial charge in [0.05, 0.1) is 0 Å². The zero-order valence-corrected chi connectivity index (χ0v) is 5.17. The molecule has 0 heterocycles. The molecule has 0 unspecified atom stereocenters. The largest absolute Gasteiger partial charge is 1.00 e. The molecule has 0 amide bonds. The van der Waals surface area contributed by atoms with Crippen LogP contribution in [-0.2, 0) is 0 Å². The van der Waals surface area contributed by atoms with Crippen molar-refractivity contribution in [2.45, 2.75) is 0 Å². The van der Waals surface area contributed by atoms with Gasteiger partial charge in [-0.3, -0.25) is 0 Å². The number of rotatable bonds is 0. The van der Waals surface area contributed by atoms with Crippen LogP contribution in [0.2, 0.25) is 0 Å². The van der Waals surface area contributed by atoms with Crippen LogP contribution in [0.1, 0.15) is 0 Å². The minimum Gasteiger partial charge on any atom is -0.512 e. The molecule has 0 N–H and O–H groups in total. The number of nitrogens with zero attached hydrogens (tertiary/aromatic N) is 1. The first-order valence-electron chi connectivity index (χ1n) is 0.224. The van der Waals surface area contributed by atoms with Gasteiger partial charge in [0.25, 0.3) is 0 Å². The van der Waals surface area contributed by atoms with Crippen molar-refractivity contribution in [1.82, 2.24) is 0 Å². The molecule has 0 aromatic heterocycles. The Balaban J connectivity index is -0.00000000500. The van der Waals surface area contributed by atoms with Crippen LogP contribution in [0.15, 0.2) is 0 Å². The Morgan fingerprint density at radius 3 is 1.25 bits per heavy atom. The molecule has 3 heteroatoms. The fourth-order valence-corrected chi connectivity index (χ4v) is 0. The zero-order chi connectivity index (χ0) is 2.00. The van der Waals surface area contributed by atoms with Gasteiger partial charge >= 0.3 is 29.6 Å². The summed E-state index contributed by atoms with van der Waals surface area (Å²) in [5.41, 5.74) is 0. The van der Waals surface area contributed by atoms with Crippen molar-refractivity contribution in [3.05, 3.63) is 6.57 Å². The van der Waals surface area contributed by atoms with Crippen molar-refractivity contribution in [2.24, 2.45) is 0 Å². The first-order valence-corrected chi connectivity index (χ1v) is 0.224. The summed E-state index contributed by atoms with van der Waals surface area (Å²) < 4.78 is 0. The summed E-state index contributed by atoms with van der Waals surface area (Å²) in [6, 6.07) is 0. The topological polar surface area (TPSA) is 23.8 Å². The fraction of sp³-hybridized carbons (Fsp3) is 0. The van der Waals surface area contributed by atoms with Crippen molar-refractivity contribution >= 4 is 12.4 Å². The molecular weight excluding hydrogens is 84.5 g/mol. The van der Waals surface area contributed by atoms with Crippen LogP contribution in [0.3, 0.4) is 0 Å². The molecule has 0 aliphatic carbocycles. The van der Waals surface area contributed by atoms with Gasteiger partial charge in [0.1, 0.15) is 0 Å². The van der Waals surface area contributed by atoms with Crippen LogP contribution in [0.5, 0.6) is 0 Å². The van der Waals surface area contributed by atoms with E-state index in [1.807, 2.05) is 0 Å². The van der Waals surface area contributed by atoms with E-state index in [0.717, 1.165) is 0 Å². The van der Waals surface area contributed by atoms with Gasteiger partial charge in [0, 0.05) is 0 Å². The average molecular weight is 85.5 g/mol. The molecule has 0 fully saturated rings. The van der Waals surface area contributed by atoms with Crippen molar-refractivity contribution in [1.29, 1.82) is 5.26 Å². The van der Waals surface area contributed by atoms with Crippen LogP contribution in [-0.4, -0.2) is 0 Å². The van der Waals surface area contributed by atoms with E-state index >= 15 is 0 Å². The summed E-state index contributed by atoms with van der Waals surface area (Å²) in [5.74, 6) is 0. The van der Waals surface area contributed by atoms with Crippen molar-refractivity contribution in [3.63, 3.8) is 0 Å². The van der Waals surface area contributed by atoms with Crippen LogP contribution < -0.4 is 29.6 Å². The predicted molar refractivity (Wildman–Crippen MR) is 12.2 cm³/mol. The van der Waals surface area contributed by atoms with Gasteiger partial charge in [0.15, 0.2) is 0 Å². The van der Waals surface area contributed by atoms with E-state index in [1.54, 1.807) is 0 Å². The SMILES string of the molecule is Cl.[C-]#N.[Na+]. The first-order chi connectivity index (χ1) is 1.00. The van der Waals surface area contributed by atoms with Crippen LogP contribution in [0, 0.1) is 11.8 Å². The van der Waals surface area contributed by atoms with Crippen molar-refractivity contribution in [2.75, 3.05) is 0 Å². The molecule has 0 aromatic rings. The molecule has 0 rings (SSSR count). The van der Waals surface area contributed by atoms with E-state index in [4.69, 9.17) is 11.8 Å². The molecule has 0 aliphatic rings. The second-order valence-corrected chi connectivity index (χ2v) is 0. The Hall–Kier alpha value is 0.780. The van der Waals surface area contributed by atoms with Crippen molar-refractivity contribution < 1.29 is 29.6 Å². The molecule has 18 valence electrons. The minimum atomic E-state index is 0. The summed E-state index contributed by atoms with van der Waals surface area (Å²) in [6.07, 6.45) is 0. The second-order valence-electron chi connectivity index (χ2n) is 0. The van der Waals surface area contributed by atoms with Gasteiger partial charge in [-0.2, -0.15) is 0 Å². The minimum absolute atomic E-state index is 0. The molecule has 0 radical (unpaired) electrons. The Morgan fingerprint density at radius 2 is 1.25 bits per heavy atom. The molecule has 4 heavy (non-hydrogen) atoms. The quantitative estimate of drug-likeness (QED) is 0.236. The van der Waals surface area contributed by atoms with Crippen LogP contribution >= 0.6 is 12.4 Å². The van der Waals surface area contributed by atoms with Crippen LogP contribution in [0.25, 0.3) is 0 Å². The van der Waals surface area contributed by atoms with Gasteiger partial charge < -0.3 is 11.8 Å². The van der Waals surface area contributed by atoms with E-state index in [-0.39, 0.29) is 42.0 Å². The number of hydrogen-bond acceptors (Lipinski definition) is 1. The molecule has 0 saturated heterocycles. The number of halogens is 1.